The molecule has 3 atom stereocenters. The minimum Gasteiger partial charge on any atom is -0.453 e. The smallest absolute Gasteiger partial charge is 0.339 e. The van der Waals surface area contributed by atoms with E-state index in [-0.39, 0.29) is 5.91 Å². The highest BCUT2D eigenvalue weighted by Crippen LogP contribution is 2.47. The molecule has 72 valence electrons. The van der Waals surface area contributed by atoms with E-state index in [9.17, 15) is 9.59 Å². The quantitative estimate of drug-likeness (QED) is 0.503. The van der Waals surface area contributed by atoms with Crippen LogP contribution in [0.15, 0.2) is 0 Å². The lowest BCUT2D eigenvalue weighted by Gasteiger charge is -2.49. The first-order valence-electron chi connectivity index (χ1n) is 4.14. The average molecular weight is 185 g/mol. The minimum absolute atomic E-state index is 0.248. The van der Waals surface area contributed by atoms with Crippen LogP contribution in [0.5, 0.6) is 0 Å². The first-order valence-corrected chi connectivity index (χ1v) is 4.14. The molecule has 0 aliphatic carbocycles. The molecule has 2 fully saturated rings. The molecule has 0 aromatic carbocycles. The number of carbonyl (C=O) groups is 2. The van der Waals surface area contributed by atoms with Gasteiger partial charge in [-0.1, -0.05) is 0 Å². The predicted molar refractivity (Wildman–Crippen MR) is 41.6 cm³/mol. The highest BCUT2D eigenvalue weighted by atomic mass is 16.6. The Balaban J connectivity index is 2.45. The van der Waals surface area contributed by atoms with E-state index in [0.717, 1.165) is 0 Å². The van der Waals surface area contributed by atoms with Gasteiger partial charge in [0, 0.05) is 0 Å². The molecule has 0 saturated carbocycles. The van der Waals surface area contributed by atoms with Crippen LogP contribution in [-0.2, 0) is 14.3 Å². The fraction of sp³-hybridized carbons (Fsp3) is 0.750. The van der Waals surface area contributed by atoms with Crippen LogP contribution in [0.1, 0.15) is 13.8 Å². The average Bonchev–Trinajstić information content (AvgIpc) is 2.24. The van der Waals surface area contributed by atoms with Crippen molar-refractivity contribution in [3.05, 3.63) is 0 Å². The number of carbonyl (C=O) groups excluding carboxylic acids is 2. The molecule has 5 heteroatoms. The Labute approximate surface area is 75.1 Å². The third-order valence-electron chi connectivity index (χ3n) is 3.29. The van der Waals surface area contributed by atoms with E-state index in [0.29, 0.717) is 0 Å². The molecular weight excluding hydrogens is 174 g/mol. The maximum Gasteiger partial charge on any atom is 0.339 e. The summed E-state index contributed by atoms with van der Waals surface area (Å²) in [6.07, 6.45) is 0. The van der Waals surface area contributed by atoms with Crippen molar-refractivity contribution in [3.63, 3.8) is 0 Å². The molecule has 2 aliphatic heterocycles. The largest absolute Gasteiger partial charge is 0.453 e. The van der Waals surface area contributed by atoms with Crippen LogP contribution in [0, 0.1) is 5.92 Å². The van der Waals surface area contributed by atoms with Crippen LogP contribution in [0.2, 0.25) is 0 Å². The Hall–Kier alpha value is -1.10. The molecular formula is C8H11NO4. The molecule has 0 aromatic rings. The van der Waals surface area contributed by atoms with Crippen molar-refractivity contribution in [2.45, 2.75) is 25.0 Å². The second-order valence-corrected chi connectivity index (χ2v) is 3.77. The molecule has 1 amide bonds. The van der Waals surface area contributed by atoms with Gasteiger partial charge in [0.25, 0.3) is 0 Å². The van der Waals surface area contributed by atoms with Crippen LogP contribution in [0.3, 0.4) is 0 Å². The molecule has 2 N–H and O–H groups in total. The van der Waals surface area contributed by atoms with E-state index in [2.05, 4.69) is 5.32 Å². The molecule has 2 saturated heterocycles. The number of amides is 1. The van der Waals surface area contributed by atoms with E-state index < -0.39 is 29.6 Å². The normalized spacial score (nSPS) is 47.8. The van der Waals surface area contributed by atoms with E-state index in [1.807, 2.05) is 0 Å². The van der Waals surface area contributed by atoms with Crippen LogP contribution in [0.25, 0.3) is 0 Å². The number of hydrogen-bond donors (Lipinski definition) is 2. The van der Waals surface area contributed by atoms with E-state index >= 15 is 0 Å². The molecule has 2 heterocycles. The number of esters is 1. The third kappa shape index (κ3) is 0.634. The molecule has 5 nitrogen and oxygen atoms in total. The number of fused-ring (bicyclic) bond motifs is 1. The zero-order valence-electron chi connectivity index (χ0n) is 7.46. The molecule has 0 radical (unpaired) electrons. The van der Waals surface area contributed by atoms with Gasteiger partial charge in [0.05, 0.1) is 12.5 Å². The van der Waals surface area contributed by atoms with Crippen molar-refractivity contribution in [1.29, 1.82) is 0 Å². The summed E-state index contributed by atoms with van der Waals surface area (Å²) in [5.41, 5.74) is -2.07. The highest BCUT2D eigenvalue weighted by molar-refractivity contribution is 6.01. The SMILES string of the molecule is C[C@@H]1C(=O)N[C@@]2(CO)C(=O)O[C@@]12C. The van der Waals surface area contributed by atoms with Gasteiger partial charge in [0.2, 0.25) is 11.4 Å². The van der Waals surface area contributed by atoms with Crippen molar-refractivity contribution >= 4 is 11.9 Å². The van der Waals surface area contributed by atoms with E-state index in [4.69, 9.17) is 9.84 Å². The predicted octanol–water partition coefficient (Wildman–Crippen LogP) is -1.20. The van der Waals surface area contributed by atoms with Gasteiger partial charge in [-0.2, -0.15) is 0 Å². The number of ether oxygens (including phenoxy) is 1. The van der Waals surface area contributed by atoms with Crippen molar-refractivity contribution in [2.24, 2.45) is 5.92 Å². The summed E-state index contributed by atoms with van der Waals surface area (Å²) in [4.78, 5) is 22.5. The van der Waals surface area contributed by atoms with Crippen LogP contribution in [0.4, 0.5) is 0 Å². The van der Waals surface area contributed by atoms with Crippen molar-refractivity contribution in [3.8, 4) is 0 Å². The molecule has 0 aromatic heterocycles. The summed E-state index contributed by atoms with van der Waals surface area (Å²) in [5.74, 6) is -1.20. The molecule has 2 rings (SSSR count). The zero-order valence-corrected chi connectivity index (χ0v) is 7.46. The first-order chi connectivity index (χ1) is 5.98. The molecule has 0 spiro atoms. The van der Waals surface area contributed by atoms with Crippen LogP contribution in [-0.4, -0.2) is 34.7 Å². The Kier molecular flexibility index (Phi) is 1.33. The lowest BCUT2D eigenvalue weighted by molar-refractivity contribution is -0.223. The van der Waals surface area contributed by atoms with Gasteiger partial charge >= 0.3 is 5.97 Å². The van der Waals surface area contributed by atoms with E-state index in [1.165, 1.54) is 0 Å². The minimum atomic E-state index is -1.19. The van der Waals surface area contributed by atoms with Crippen LogP contribution < -0.4 is 5.32 Å². The van der Waals surface area contributed by atoms with Gasteiger partial charge in [-0.25, -0.2) is 4.79 Å². The summed E-state index contributed by atoms with van der Waals surface area (Å²) in [6, 6.07) is 0. The lowest BCUT2D eigenvalue weighted by atomic mass is 9.73. The third-order valence-corrected chi connectivity index (χ3v) is 3.29. The monoisotopic (exact) mass is 185 g/mol. The topological polar surface area (TPSA) is 75.6 Å². The summed E-state index contributed by atoms with van der Waals surface area (Å²) in [6.45, 7) is 2.94. The summed E-state index contributed by atoms with van der Waals surface area (Å²) in [5, 5.41) is 11.6. The Morgan fingerprint density at radius 1 is 1.62 bits per heavy atom. The molecule has 0 unspecified atom stereocenters. The van der Waals surface area contributed by atoms with Gasteiger partial charge in [-0.3, -0.25) is 4.79 Å². The van der Waals surface area contributed by atoms with Crippen LogP contribution >= 0.6 is 0 Å². The van der Waals surface area contributed by atoms with E-state index in [1.54, 1.807) is 13.8 Å². The van der Waals surface area contributed by atoms with Gasteiger partial charge in [-0.05, 0) is 13.8 Å². The summed E-state index contributed by atoms with van der Waals surface area (Å²) in [7, 11) is 0. The Bertz CT molecular complexity index is 301. The Morgan fingerprint density at radius 3 is 2.54 bits per heavy atom. The van der Waals surface area contributed by atoms with Crippen molar-refractivity contribution in [2.75, 3.05) is 6.61 Å². The Morgan fingerprint density at radius 2 is 2.23 bits per heavy atom. The number of hydrogen-bond acceptors (Lipinski definition) is 4. The summed E-state index contributed by atoms with van der Waals surface area (Å²) < 4.78 is 4.95. The number of aliphatic hydroxyl groups excluding tert-OH is 1. The maximum atomic E-state index is 11.3. The standard InChI is InChI=1S/C8H11NO4/c1-4-5(11)9-8(3-10)6(12)13-7(4,8)2/h4,10H,3H2,1-2H3,(H,9,11)/t4-,7+,8+/m1/s1. The van der Waals surface area contributed by atoms with Gasteiger partial charge in [0.15, 0.2) is 5.60 Å². The van der Waals surface area contributed by atoms with Gasteiger partial charge in [-0.15, -0.1) is 0 Å². The van der Waals surface area contributed by atoms with Crippen molar-refractivity contribution in [1.82, 2.24) is 5.32 Å². The molecule has 13 heavy (non-hydrogen) atoms. The lowest BCUT2D eigenvalue weighted by Crippen LogP contribution is -2.75. The second kappa shape index (κ2) is 2.04. The summed E-state index contributed by atoms with van der Waals surface area (Å²) >= 11 is 0. The van der Waals surface area contributed by atoms with Gasteiger partial charge in [0.1, 0.15) is 0 Å². The molecule has 2 aliphatic rings. The zero-order chi connectivity index (χ0) is 9.85. The van der Waals surface area contributed by atoms with Gasteiger partial charge < -0.3 is 15.2 Å². The highest BCUT2D eigenvalue weighted by Gasteiger charge is 2.75. The number of aliphatic hydroxyl groups is 1. The maximum absolute atomic E-state index is 11.3. The fourth-order valence-corrected chi connectivity index (χ4v) is 1.99. The second-order valence-electron chi connectivity index (χ2n) is 3.77. The number of nitrogens with one attached hydrogen (secondary N) is 1. The number of rotatable bonds is 1. The first kappa shape index (κ1) is 8.50. The van der Waals surface area contributed by atoms with Crippen molar-refractivity contribution < 1.29 is 19.4 Å². The fourth-order valence-electron chi connectivity index (χ4n) is 1.99. The molecule has 0 bridgehead atoms.